The molecular formula is C12H20N2O4S. The van der Waals surface area contributed by atoms with Crippen molar-refractivity contribution in [2.24, 2.45) is 0 Å². The second-order valence-corrected chi connectivity index (χ2v) is 5.86. The molecule has 1 rings (SSSR count). The summed E-state index contributed by atoms with van der Waals surface area (Å²) in [5.41, 5.74) is 7.28. The monoisotopic (exact) mass is 288 g/mol. The van der Waals surface area contributed by atoms with Crippen LogP contribution in [0.4, 0.5) is 5.69 Å². The molecule has 19 heavy (non-hydrogen) atoms. The Bertz CT molecular complexity index is 555. The molecule has 0 heterocycles. The maximum Gasteiger partial charge on any atom is 0.241 e. The molecule has 1 aromatic rings. The first-order chi connectivity index (χ1) is 8.85. The van der Waals surface area contributed by atoms with Crippen LogP contribution < -0.4 is 15.2 Å². The third-order valence-corrected chi connectivity index (χ3v) is 4.55. The first-order valence-electron chi connectivity index (χ1n) is 5.77. The average Bonchev–Trinajstić information content (AvgIpc) is 2.33. The predicted octanol–water partition coefficient (Wildman–Crippen LogP) is 0.819. The summed E-state index contributed by atoms with van der Waals surface area (Å²) in [6.45, 7) is 3.89. The van der Waals surface area contributed by atoms with Crippen molar-refractivity contribution in [3.8, 4) is 5.75 Å². The summed E-state index contributed by atoms with van der Waals surface area (Å²) in [5, 5.41) is 0. The van der Waals surface area contributed by atoms with E-state index in [-0.39, 0.29) is 11.4 Å². The van der Waals surface area contributed by atoms with Crippen molar-refractivity contribution in [2.75, 3.05) is 33.1 Å². The molecule has 3 N–H and O–H groups in total. The number of nitrogens with one attached hydrogen (secondary N) is 1. The van der Waals surface area contributed by atoms with Crippen LogP contribution in [0, 0.1) is 13.8 Å². The van der Waals surface area contributed by atoms with Crippen molar-refractivity contribution < 1.29 is 17.9 Å². The van der Waals surface area contributed by atoms with Crippen LogP contribution in [0.3, 0.4) is 0 Å². The highest BCUT2D eigenvalue weighted by Crippen LogP contribution is 2.32. The number of rotatable bonds is 6. The number of nitrogen functional groups attached to an aromatic ring is 1. The third kappa shape index (κ3) is 3.37. The van der Waals surface area contributed by atoms with Crippen LogP contribution in [-0.2, 0) is 14.8 Å². The first kappa shape index (κ1) is 15.7. The van der Waals surface area contributed by atoms with Crippen molar-refractivity contribution in [2.45, 2.75) is 18.7 Å². The Labute approximate surface area is 113 Å². The van der Waals surface area contributed by atoms with E-state index >= 15 is 0 Å². The number of methoxy groups -OCH3 is 2. The molecule has 0 aromatic heterocycles. The molecule has 0 bridgehead atoms. The normalized spacial score (nSPS) is 11.6. The van der Waals surface area contributed by atoms with E-state index in [4.69, 9.17) is 15.2 Å². The molecule has 0 radical (unpaired) electrons. The van der Waals surface area contributed by atoms with E-state index in [1.54, 1.807) is 19.9 Å². The first-order valence-corrected chi connectivity index (χ1v) is 7.25. The van der Waals surface area contributed by atoms with Crippen molar-refractivity contribution in [3.63, 3.8) is 0 Å². The van der Waals surface area contributed by atoms with Crippen LogP contribution in [0.25, 0.3) is 0 Å². The summed E-state index contributed by atoms with van der Waals surface area (Å²) in [4.78, 5) is 0.196. The van der Waals surface area contributed by atoms with Crippen LogP contribution in [-0.4, -0.2) is 35.8 Å². The van der Waals surface area contributed by atoms with Crippen molar-refractivity contribution in [1.82, 2.24) is 4.72 Å². The molecule has 0 aliphatic rings. The average molecular weight is 288 g/mol. The second kappa shape index (κ2) is 6.23. The van der Waals surface area contributed by atoms with Gasteiger partial charge in [-0.25, -0.2) is 13.1 Å². The fourth-order valence-corrected chi connectivity index (χ4v) is 3.37. The lowest BCUT2D eigenvalue weighted by molar-refractivity contribution is 0.204. The highest BCUT2D eigenvalue weighted by Gasteiger charge is 2.22. The quantitative estimate of drug-likeness (QED) is 0.597. The van der Waals surface area contributed by atoms with E-state index < -0.39 is 10.0 Å². The van der Waals surface area contributed by atoms with Gasteiger partial charge in [0.2, 0.25) is 10.0 Å². The van der Waals surface area contributed by atoms with Crippen molar-refractivity contribution >= 4 is 15.7 Å². The Balaban J connectivity index is 3.24. The highest BCUT2D eigenvalue weighted by atomic mass is 32.2. The van der Waals surface area contributed by atoms with E-state index in [0.717, 1.165) is 0 Å². The molecule has 0 fully saturated rings. The van der Waals surface area contributed by atoms with Crippen LogP contribution in [0.1, 0.15) is 11.1 Å². The van der Waals surface area contributed by atoms with Gasteiger partial charge in [0.25, 0.3) is 0 Å². The molecule has 0 saturated heterocycles. The van der Waals surface area contributed by atoms with Gasteiger partial charge in [0.05, 0.1) is 24.3 Å². The molecule has 6 nitrogen and oxygen atoms in total. The predicted molar refractivity (Wildman–Crippen MR) is 73.9 cm³/mol. The Morgan fingerprint density at radius 3 is 2.47 bits per heavy atom. The number of hydrogen-bond donors (Lipinski definition) is 2. The van der Waals surface area contributed by atoms with Gasteiger partial charge in [-0.15, -0.1) is 0 Å². The van der Waals surface area contributed by atoms with Crippen LogP contribution in [0.2, 0.25) is 0 Å². The SMILES string of the molecule is COCCNS(=O)(=O)c1c(C)cc(OC)c(N)c1C. The van der Waals surface area contributed by atoms with Gasteiger partial charge in [-0.2, -0.15) is 0 Å². The third-order valence-electron chi connectivity index (χ3n) is 2.80. The zero-order chi connectivity index (χ0) is 14.6. The lowest BCUT2D eigenvalue weighted by atomic mass is 10.1. The molecule has 0 atom stereocenters. The number of sulfonamides is 1. The molecule has 0 unspecified atom stereocenters. The van der Waals surface area contributed by atoms with Gasteiger partial charge in [0.1, 0.15) is 5.75 Å². The van der Waals surface area contributed by atoms with E-state index in [1.807, 2.05) is 0 Å². The topological polar surface area (TPSA) is 90.6 Å². The standard InChI is InChI=1S/C12H20N2O4S/c1-8-7-10(18-4)11(13)9(2)12(8)19(15,16)14-5-6-17-3/h7,14H,5-6,13H2,1-4H3. The van der Waals surface area contributed by atoms with Crippen molar-refractivity contribution in [1.29, 1.82) is 0 Å². The number of nitrogens with two attached hydrogens (primary N) is 1. The minimum absolute atomic E-state index is 0.196. The van der Waals surface area contributed by atoms with Crippen LogP contribution >= 0.6 is 0 Å². The largest absolute Gasteiger partial charge is 0.495 e. The lowest BCUT2D eigenvalue weighted by Gasteiger charge is -2.16. The van der Waals surface area contributed by atoms with E-state index in [1.165, 1.54) is 14.2 Å². The summed E-state index contributed by atoms with van der Waals surface area (Å²) in [7, 11) is -0.601. The van der Waals surface area contributed by atoms with Gasteiger partial charge < -0.3 is 15.2 Å². The molecule has 7 heteroatoms. The fraction of sp³-hybridized carbons (Fsp3) is 0.500. The number of benzene rings is 1. The smallest absolute Gasteiger partial charge is 0.241 e. The highest BCUT2D eigenvalue weighted by molar-refractivity contribution is 7.89. The van der Waals surface area contributed by atoms with Gasteiger partial charge in [-0.3, -0.25) is 0 Å². The maximum absolute atomic E-state index is 12.2. The molecule has 0 amide bonds. The Hall–Kier alpha value is -1.31. The lowest BCUT2D eigenvalue weighted by Crippen LogP contribution is -2.28. The Morgan fingerprint density at radius 1 is 1.32 bits per heavy atom. The molecule has 108 valence electrons. The number of aryl methyl sites for hydroxylation is 1. The molecular weight excluding hydrogens is 268 g/mol. The van der Waals surface area contributed by atoms with Crippen LogP contribution in [0.5, 0.6) is 5.75 Å². The minimum atomic E-state index is -3.61. The van der Waals surface area contributed by atoms with Gasteiger partial charge in [0.15, 0.2) is 0 Å². The second-order valence-electron chi connectivity index (χ2n) is 4.15. The molecule has 1 aromatic carbocycles. The minimum Gasteiger partial charge on any atom is -0.495 e. The summed E-state index contributed by atoms with van der Waals surface area (Å²) >= 11 is 0. The van der Waals surface area contributed by atoms with E-state index in [0.29, 0.717) is 29.2 Å². The van der Waals surface area contributed by atoms with E-state index in [9.17, 15) is 8.42 Å². The molecule has 0 aliphatic heterocycles. The van der Waals surface area contributed by atoms with Crippen molar-refractivity contribution in [3.05, 3.63) is 17.2 Å². The van der Waals surface area contributed by atoms with Gasteiger partial charge >= 0.3 is 0 Å². The summed E-state index contributed by atoms with van der Waals surface area (Å²) < 4.78 is 36.9. The fourth-order valence-electron chi connectivity index (χ4n) is 1.88. The van der Waals surface area contributed by atoms with Crippen LogP contribution in [0.15, 0.2) is 11.0 Å². The van der Waals surface area contributed by atoms with Gasteiger partial charge in [0, 0.05) is 13.7 Å². The summed E-state index contributed by atoms with van der Waals surface area (Å²) in [5.74, 6) is 0.478. The molecule has 0 spiro atoms. The number of ether oxygens (including phenoxy) is 2. The summed E-state index contributed by atoms with van der Waals surface area (Å²) in [6, 6.07) is 1.62. The molecule has 0 aliphatic carbocycles. The number of anilines is 1. The Kier molecular flexibility index (Phi) is 5.16. The van der Waals surface area contributed by atoms with Gasteiger partial charge in [-0.05, 0) is 31.0 Å². The Morgan fingerprint density at radius 2 is 1.95 bits per heavy atom. The number of hydrogen-bond acceptors (Lipinski definition) is 5. The maximum atomic E-state index is 12.2. The van der Waals surface area contributed by atoms with Gasteiger partial charge in [-0.1, -0.05) is 0 Å². The zero-order valence-corrected chi connectivity index (χ0v) is 12.4. The zero-order valence-electron chi connectivity index (χ0n) is 11.6. The van der Waals surface area contributed by atoms with E-state index in [2.05, 4.69) is 4.72 Å². The molecule has 0 saturated carbocycles. The summed E-state index contributed by atoms with van der Waals surface area (Å²) in [6.07, 6.45) is 0.